The fraction of sp³-hybridized carbons (Fsp3) is 0.125. The van der Waals surface area contributed by atoms with Crippen LogP contribution < -0.4 is 10.1 Å². The molecule has 0 radical (unpaired) electrons. The highest BCUT2D eigenvalue weighted by Gasteiger charge is 2.09. The van der Waals surface area contributed by atoms with Gasteiger partial charge in [-0.15, -0.1) is 0 Å². The Kier molecular flexibility index (Phi) is 4.96. The third kappa shape index (κ3) is 3.83. The number of nitrogens with zero attached hydrogens (tertiary/aromatic N) is 1. The van der Waals surface area contributed by atoms with Gasteiger partial charge in [-0.1, -0.05) is 22.0 Å². The van der Waals surface area contributed by atoms with E-state index in [1.807, 2.05) is 24.3 Å². The lowest BCUT2D eigenvalue weighted by molar-refractivity contribution is 0.0950. The number of hydrogen-bond acceptors (Lipinski definition) is 3. The van der Waals surface area contributed by atoms with Crippen LogP contribution in [-0.4, -0.2) is 13.0 Å². The number of amides is 1. The molecule has 4 nitrogen and oxygen atoms in total. The minimum Gasteiger partial charge on any atom is -0.496 e. The van der Waals surface area contributed by atoms with Gasteiger partial charge in [0.1, 0.15) is 5.75 Å². The first-order chi connectivity index (χ1) is 10.1. The maximum atomic E-state index is 12.1. The molecule has 0 aliphatic heterocycles. The molecule has 21 heavy (non-hydrogen) atoms. The number of benzene rings is 2. The molecule has 1 N–H and O–H groups in total. The topological polar surface area (TPSA) is 62.1 Å². The molecule has 0 saturated heterocycles. The van der Waals surface area contributed by atoms with E-state index in [2.05, 4.69) is 21.2 Å². The Morgan fingerprint density at radius 1 is 1.33 bits per heavy atom. The Bertz CT molecular complexity index is 708. The zero-order valence-corrected chi connectivity index (χ0v) is 13.0. The van der Waals surface area contributed by atoms with Crippen molar-refractivity contribution in [3.63, 3.8) is 0 Å². The van der Waals surface area contributed by atoms with Gasteiger partial charge in [0, 0.05) is 22.1 Å². The van der Waals surface area contributed by atoms with Gasteiger partial charge in [0.2, 0.25) is 0 Å². The predicted octanol–water partition coefficient (Wildman–Crippen LogP) is 3.26. The van der Waals surface area contributed by atoms with Gasteiger partial charge in [-0.2, -0.15) is 5.26 Å². The van der Waals surface area contributed by atoms with E-state index < -0.39 is 0 Å². The van der Waals surface area contributed by atoms with E-state index in [4.69, 9.17) is 10.00 Å². The van der Waals surface area contributed by atoms with Crippen molar-refractivity contribution in [1.82, 2.24) is 5.32 Å². The standard InChI is InChI=1S/C16H13BrN2O2/c1-21-15-6-5-14(17)8-13(15)10-19-16(20)12-4-2-3-11(7-12)9-18/h2-8H,10H2,1H3,(H,19,20). The van der Waals surface area contributed by atoms with Gasteiger partial charge in [0.25, 0.3) is 5.91 Å². The molecule has 2 rings (SSSR count). The zero-order valence-electron chi connectivity index (χ0n) is 11.4. The van der Waals surface area contributed by atoms with Crippen LogP contribution in [0.1, 0.15) is 21.5 Å². The maximum Gasteiger partial charge on any atom is 0.251 e. The molecule has 0 aliphatic carbocycles. The summed E-state index contributed by atoms with van der Waals surface area (Å²) in [5.41, 5.74) is 1.79. The summed E-state index contributed by atoms with van der Waals surface area (Å²) < 4.78 is 6.18. The average Bonchev–Trinajstić information content (AvgIpc) is 2.52. The lowest BCUT2D eigenvalue weighted by Gasteiger charge is -2.10. The van der Waals surface area contributed by atoms with Crippen molar-refractivity contribution in [1.29, 1.82) is 5.26 Å². The van der Waals surface area contributed by atoms with Crippen LogP contribution in [0.3, 0.4) is 0 Å². The molecule has 0 aromatic heterocycles. The summed E-state index contributed by atoms with van der Waals surface area (Å²) >= 11 is 3.39. The number of carbonyl (C=O) groups excluding carboxylic acids is 1. The molecule has 5 heteroatoms. The van der Waals surface area contributed by atoms with Crippen LogP contribution >= 0.6 is 15.9 Å². The fourth-order valence-corrected chi connectivity index (χ4v) is 2.30. The van der Waals surface area contributed by atoms with Crippen LogP contribution in [0.5, 0.6) is 5.75 Å². The summed E-state index contributed by atoms with van der Waals surface area (Å²) in [4.78, 5) is 12.1. The minimum absolute atomic E-state index is 0.228. The molecule has 0 spiro atoms. The van der Waals surface area contributed by atoms with Crippen molar-refractivity contribution in [3.05, 3.63) is 63.6 Å². The smallest absolute Gasteiger partial charge is 0.251 e. The van der Waals surface area contributed by atoms with Crippen LogP contribution in [0.15, 0.2) is 46.9 Å². The summed E-state index contributed by atoms with van der Waals surface area (Å²) in [6.45, 7) is 0.345. The Hall–Kier alpha value is -2.32. The average molecular weight is 345 g/mol. The lowest BCUT2D eigenvalue weighted by atomic mass is 10.1. The molecule has 0 heterocycles. The Balaban J connectivity index is 2.11. The summed E-state index contributed by atoms with van der Waals surface area (Å²) in [5.74, 6) is 0.485. The number of carbonyl (C=O) groups is 1. The summed E-state index contributed by atoms with van der Waals surface area (Å²) in [7, 11) is 1.59. The van der Waals surface area contributed by atoms with Crippen LogP contribution in [-0.2, 0) is 6.54 Å². The van der Waals surface area contributed by atoms with Gasteiger partial charge in [0.15, 0.2) is 0 Å². The number of hydrogen-bond donors (Lipinski definition) is 1. The fourth-order valence-electron chi connectivity index (χ4n) is 1.89. The van der Waals surface area contributed by atoms with E-state index in [0.29, 0.717) is 23.4 Å². The first-order valence-corrected chi connectivity index (χ1v) is 7.04. The zero-order chi connectivity index (χ0) is 15.2. The second kappa shape index (κ2) is 6.91. The van der Waals surface area contributed by atoms with Crippen LogP contribution in [0, 0.1) is 11.3 Å². The molecule has 0 bridgehead atoms. The van der Waals surface area contributed by atoms with Gasteiger partial charge in [-0.05, 0) is 36.4 Å². The van der Waals surface area contributed by atoms with Gasteiger partial charge < -0.3 is 10.1 Å². The molecule has 0 unspecified atom stereocenters. The highest BCUT2D eigenvalue weighted by molar-refractivity contribution is 9.10. The number of nitrogens with one attached hydrogen (secondary N) is 1. The van der Waals surface area contributed by atoms with E-state index >= 15 is 0 Å². The third-order valence-corrected chi connectivity index (χ3v) is 3.43. The third-order valence-electron chi connectivity index (χ3n) is 2.94. The predicted molar refractivity (Wildman–Crippen MR) is 83.0 cm³/mol. The van der Waals surface area contributed by atoms with Gasteiger partial charge in [0.05, 0.1) is 18.7 Å². The van der Waals surface area contributed by atoms with E-state index in [-0.39, 0.29) is 5.91 Å². The Morgan fingerprint density at radius 2 is 2.14 bits per heavy atom. The summed E-state index contributed by atoms with van der Waals surface area (Å²) in [5, 5.41) is 11.7. The van der Waals surface area contributed by atoms with Crippen LogP contribution in [0.25, 0.3) is 0 Å². The molecule has 0 saturated carbocycles. The second-order valence-electron chi connectivity index (χ2n) is 4.33. The van der Waals surface area contributed by atoms with Crippen molar-refractivity contribution in [2.75, 3.05) is 7.11 Å². The van der Waals surface area contributed by atoms with E-state index in [0.717, 1.165) is 10.0 Å². The quantitative estimate of drug-likeness (QED) is 0.925. The number of rotatable bonds is 4. The highest BCUT2D eigenvalue weighted by atomic mass is 79.9. The maximum absolute atomic E-state index is 12.1. The highest BCUT2D eigenvalue weighted by Crippen LogP contribution is 2.22. The second-order valence-corrected chi connectivity index (χ2v) is 5.25. The summed E-state index contributed by atoms with van der Waals surface area (Å²) in [6, 6.07) is 14.2. The molecule has 0 aliphatic rings. The molecule has 0 fully saturated rings. The van der Waals surface area contributed by atoms with Crippen molar-refractivity contribution < 1.29 is 9.53 Å². The van der Waals surface area contributed by atoms with Crippen LogP contribution in [0.4, 0.5) is 0 Å². The largest absolute Gasteiger partial charge is 0.496 e. The van der Waals surface area contributed by atoms with Gasteiger partial charge >= 0.3 is 0 Å². The normalized spacial score (nSPS) is 9.76. The Morgan fingerprint density at radius 3 is 2.86 bits per heavy atom. The lowest BCUT2D eigenvalue weighted by Crippen LogP contribution is -2.23. The number of nitriles is 1. The molecular formula is C16H13BrN2O2. The minimum atomic E-state index is -0.228. The molecule has 1 amide bonds. The first-order valence-electron chi connectivity index (χ1n) is 6.25. The summed E-state index contributed by atoms with van der Waals surface area (Å²) in [6.07, 6.45) is 0. The number of methoxy groups -OCH3 is 1. The number of ether oxygens (including phenoxy) is 1. The number of halogens is 1. The van der Waals surface area contributed by atoms with E-state index in [1.165, 1.54) is 0 Å². The van der Waals surface area contributed by atoms with E-state index in [9.17, 15) is 4.79 Å². The van der Waals surface area contributed by atoms with Crippen LogP contribution in [0.2, 0.25) is 0 Å². The van der Waals surface area contributed by atoms with E-state index in [1.54, 1.807) is 31.4 Å². The molecule has 2 aromatic carbocycles. The monoisotopic (exact) mass is 344 g/mol. The Labute approximate surface area is 131 Å². The molecule has 2 aromatic rings. The molecule has 106 valence electrons. The van der Waals surface area contributed by atoms with Gasteiger partial charge in [-0.3, -0.25) is 4.79 Å². The van der Waals surface area contributed by atoms with Crippen molar-refractivity contribution in [2.45, 2.75) is 6.54 Å². The van der Waals surface area contributed by atoms with Crippen molar-refractivity contribution in [3.8, 4) is 11.8 Å². The van der Waals surface area contributed by atoms with Crippen molar-refractivity contribution in [2.24, 2.45) is 0 Å². The first kappa shape index (κ1) is 15.1. The molecular weight excluding hydrogens is 332 g/mol. The SMILES string of the molecule is COc1ccc(Br)cc1CNC(=O)c1cccc(C#N)c1. The molecule has 0 atom stereocenters. The van der Waals surface area contributed by atoms with Gasteiger partial charge in [-0.25, -0.2) is 0 Å². The van der Waals surface area contributed by atoms with Crippen molar-refractivity contribution >= 4 is 21.8 Å².